The molecule has 0 fully saturated rings. The SMILES string of the molecule is CC(C)[C@H](N)C(=O)N1Cc2[nH]c3ccccc3c2C[C@H]1C(=O)O. The molecule has 2 heterocycles. The highest BCUT2D eigenvalue weighted by molar-refractivity contribution is 5.90. The molecule has 6 nitrogen and oxygen atoms in total. The van der Waals surface area contributed by atoms with Gasteiger partial charge in [-0.15, -0.1) is 0 Å². The summed E-state index contributed by atoms with van der Waals surface area (Å²) in [5, 5.41) is 10.6. The molecule has 0 unspecified atom stereocenters. The average molecular weight is 315 g/mol. The number of carbonyl (C=O) groups is 2. The van der Waals surface area contributed by atoms with Crippen LogP contribution < -0.4 is 5.73 Å². The summed E-state index contributed by atoms with van der Waals surface area (Å²) in [6, 6.07) is 6.22. The molecule has 122 valence electrons. The second-order valence-electron chi connectivity index (χ2n) is 6.42. The van der Waals surface area contributed by atoms with E-state index in [2.05, 4.69) is 4.98 Å². The van der Waals surface area contributed by atoms with Gasteiger partial charge in [-0.1, -0.05) is 32.0 Å². The third-order valence-electron chi connectivity index (χ3n) is 4.58. The van der Waals surface area contributed by atoms with E-state index in [1.54, 1.807) is 0 Å². The van der Waals surface area contributed by atoms with Crippen LogP contribution in [0.4, 0.5) is 0 Å². The Labute approximate surface area is 134 Å². The lowest BCUT2D eigenvalue weighted by atomic mass is 9.94. The number of aromatic amines is 1. The number of rotatable bonds is 3. The van der Waals surface area contributed by atoms with Gasteiger partial charge in [-0.05, 0) is 17.5 Å². The van der Waals surface area contributed by atoms with E-state index in [-0.39, 0.29) is 18.4 Å². The number of amides is 1. The number of carboxylic acid groups (broad SMARTS) is 1. The molecule has 3 rings (SSSR count). The molecule has 1 aliphatic heterocycles. The molecule has 23 heavy (non-hydrogen) atoms. The van der Waals surface area contributed by atoms with Crippen molar-refractivity contribution in [3.8, 4) is 0 Å². The van der Waals surface area contributed by atoms with E-state index in [1.807, 2.05) is 38.1 Å². The predicted octanol–water partition coefficient (Wildman–Crippen LogP) is 1.49. The van der Waals surface area contributed by atoms with Crippen LogP contribution in [0, 0.1) is 5.92 Å². The number of para-hydroxylation sites is 1. The van der Waals surface area contributed by atoms with Crippen LogP contribution in [0.5, 0.6) is 0 Å². The van der Waals surface area contributed by atoms with Crippen molar-refractivity contribution in [2.75, 3.05) is 0 Å². The molecule has 0 saturated heterocycles. The molecule has 0 spiro atoms. The first-order valence-corrected chi connectivity index (χ1v) is 7.77. The topological polar surface area (TPSA) is 99.4 Å². The number of hydrogen-bond acceptors (Lipinski definition) is 3. The Morgan fingerprint density at radius 2 is 2.04 bits per heavy atom. The standard InChI is InChI=1S/C17H21N3O3/c1-9(2)15(18)16(21)20-8-13-11(7-14(20)17(22)23)10-5-3-4-6-12(10)19-13/h3-6,9,14-15,19H,7-8,18H2,1-2H3,(H,22,23)/t14-,15-/m0/s1. The maximum atomic E-state index is 12.6. The molecule has 1 aromatic carbocycles. The average Bonchev–Trinajstić information content (AvgIpc) is 2.89. The van der Waals surface area contributed by atoms with Crippen LogP contribution in [-0.4, -0.2) is 39.0 Å². The Morgan fingerprint density at radius 3 is 2.70 bits per heavy atom. The van der Waals surface area contributed by atoms with E-state index in [9.17, 15) is 14.7 Å². The van der Waals surface area contributed by atoms with E-state index in [0.717, 1.165) is 22.2 Å². The predicted molar refractivity (Wildman–Crippen MR) is 86.8 cm³/mol. The van der Waals surface area contributed by atoms with Crippen molar-refractivity contribution in [3.05, 3.63) is 35.5 Å². The van der Waals surface area contributed by atoms with Crippen LogP contribution in [0.25, 0.3) is 10.9 Å². The van der Waals surface area contributed by atoms with Crippen molar-refractivity contribution >= 4 is 22.8 Å². The first kappa shape index (κ1) is 15.6. The molecule has 0 aliphatic carbocycles. The molecule has 6 heteroatoms. The van der Waals surface area contributed by atoms with Crippen molar-refractivity contribution < 1.29 is 14.7 Å². The smallest absolute Gasteiger partial charge is 0.326 e. The van der Waals surface area contributed by atoms with Gasteiger partial charge in [0.05, 0.1) is 12.6 Å². The minimum atomic E-state index is -0.995. The summed E-state index contributed by atoms with van der Waals surface area (Å²) in [5.41, 5.74) is 8.79. The van der Waals surface area contributed by atoms with E-state index in [0.29, 0.717) is 6.42 Å². The summed E-state index contributed by atoms with van der Waals surface area (Å²) < 4.78 is 0. The molecule has 1 amide bonds. The molecule has 1 aliphatic rings. The number of nitrogens with zero attached hydrogens (tertiary/aromatic N) is 1. The van der Waals surface area contributed by atoms with E-state index in [4.69, 9.17) is 5.73 Å². The van der Waals surface area contributed by atoms with Crippen LogP contribution in [-0.2, 0) is 22.6 Å². The lowest BCUT2D eigenvalue weighted by molar-refractivity contribution is -0.152. The Kier molecular flexibility index (Phi) is 3.85. The fraction of sp³-hybridized carbons (Fsp3) is 0.412. The summed E-state index contributed by atoms with van der Waals surface area (Å²) in [6.07, 6.45) is 0.297. The molecule has 4 N–H and O–H groups in total. The third-order valence-corrected chi connectivity index (χ3v) is 4.58. The molecule has 0 bridgehead atoms. The number of fused-ring (bicyclic) bond motifs is 3. The second kappa shape index (κ2) is 5.70. The van der Waals surface area contributed by atoms with Crippen LogP contribution in [0.15, 0.2) is 24.3 Å². The largest absolute Gasteiger partial charge is 0.480 e. The van der Waals surface area contributed by atoms with E-state index in [1.165, 1.54) is 4.90 Å². The molecular formula is C17H21N3O3. The quantitative estimate of drug-likeness (QED) is 0.799. The summed E-state index contributed by atoms with van der Waals surface area (Å²) in [5.74, 6) is -1.34. The minimum Gasteiger partial charge on any atom is -0.480 e. The van der Waals surface area contributed by atoms with E-state index < -0.39 is 18.1 Å². The number of benzene rings is 1. The van der Waals surface area contributed by atoms with Gasteiger partial charge in [0.25, 0.3) is 0 Å². The Hall–Kier alpha value is -2.34. The zero-order valence-corrected chi connectivity index (χ0v) is 13.2. The fourth-order valence-electron chi connectivity index (χ4n) is 3.14. The highest BCUT2D eigenvalue weighted by Gasteiger charge is 2.38. The van der Waals surface area contributed by atoms with Crippen molar-refractivity contribution in [2.45, 2.75) is 38.9 Å². The Morgan fingerprint density at radius 1 is 1.35 bits per heavy atom. The van der Waals surface area contributed by atoms with Gasteiger partial charge in [0.15, 0.2) is 0 Å². The normalized spacial score (nSPS) is 19.0. The second-order valence-corrected chi connectivity index (χ2v) is 6.42. The first-order valence-electron chi connectivity index (χ1n) is 7.77. The molecular weight excluding hydrogens is 294 g/mol. The van der Waals surface area contributed by atoms with Gasteiger partial charge in [-0.25, -0.2) is 4.79 Å². The lowest BCUT2D eigenvalue weighted by Gasteiger charge is -2.35. The number of nitrogens with two attached hydrogens (primary N) is 1. The number of hydrogen-bond donors (Lipinski definition) is 3. The summed E-state index contributed by atoms with van der Waals surface area (Å²) in [7, 11) is 0. The number of aromatic nitrogens is 1. The Balaban J connectivity index is 2.01. The van der Waals surface area contributed by atoms with Gasteiger partial charge in [0.1, 0.15) is 6.04 Å². The summed E-state index contributed by atoms with van der Waals surface area (Å²) in [6.45, 7) is 3.97. The number of H-pyrrole nitrogens is 1. The Bertz CT molecular complexity index is 766. The van der Waals surface area contributed by atoms with Crippen molar-refractivity contribution in [3.63, 3.8) is 0 Å². The number of aliphatic carboxylic acids is 1. The van der Waals surface area contributed by atoms with Gasteiger partial charge in [-0.3, -0.25) is 4.79 Å². The lowest BCUT2D eigenvalue weighted by Crippen LogP contribution is -2.55. The van der Waals surface area contributed by atoms with Gasteiger partial charge < -0.3 is 20.7 Å². The molecule has 0 saturated carbocycles. The van der Waals surface area contributed by atoms with E-state index >= 15 is 0 Å². The zero-order chi connectivity index (χ0) is 16.7. The molecule has 2 aromatic rings. The van der Waals surface area contributed by atoms with Crippen LogP contribution in [0.2, 0.25) is 0 Å². The van der Waals surface area contributed by atoms with Crippen molar-refractivity contribution in [1.29, 1.82) is 0 Å². The highest BCUT2D eigenvalue weighted by Crippen LogP contribution is 2.30. The van der Waals surface area contributed by atoms with Crippen molar-refractivity contribution in [1.82, 2.24) is 9.88 Å². The molecule has 0 radical (unpaired) electrons. The number of carbonyl (C=O) groups excluding carboxylic acids is 1. The van der Waals surface area contributed by atoms with Crippen molar-refractivity contribution in [2.24, 2.45) is 11.7 Å². The number of nitrogens with one attached hydrogen (secondary N) is 1. The third kappa shape index (κ3) is 2.59. The zero-order valence-electron chi connectivity index (χ0n) is 13.2. The van der Waals surface area contributed by atoms with Crippen LogP contribution in [0.1, 0.15) is 25.1 Å². The monoisotopic (exact) mass is 315 g/mol. The summed E-state index contributed by atoms with van der Waals surface area (Å²) in [4.78, 5) is 29.0. The maximum absolute atomic E-state index is 12.6. The van der Waals surface area contributed by atoms with Gasteiger partial charge >= 0.3 is 5.97 Å². The van der Waals surface area contributed by atoms with Gasteiger partial charge in [0, 0.05) is 23.0 Å². The van der Waals surface area contributed by atoms with Gasteiger partial charge in [0.2, 0.25) is 5.91 Å². The summed E-state index contributed by atoms with van der Waals surface area (Å²) >= 11 is 0. The van der Waals surface area contributed by atoms with Crippen LogP contribution >= 0.6 is 0 Å². The number of carboxylic acids is 1. The van der Waals surface area contributed by atoms with Gasteiger partial charge in [-0.2, -0.15) is 0 Å². The molecule has 1 aromatic heterocycles. The maximum Gasteiger partial charge on any atom is 0.326 e. The highest BCUT2D eigenvalue weighted by atomic mass is 16.4. The van der Waals surface area contributed by atoms with Crippen LogP contribution in [0.3, 0.4) is 0 Å². The molecule has 2 atom stereocenters. The minimum absolute atomic E-state index is 0.0407. The first-order chi connectivity index (χ1) is 10.9. The fourth-order valence-corrected chi connectivity index (χ4v) is 3.14.